The molecule has 0 radical (unpaired) electrons. The molecule has 7 heteroatoms. The van der Waals surface area contributed by atoms with Crippen LogP contribution in [0.25, 0.3) is 10.9 Å². The Labute approximate surface area is 152 Å². The summed E-state index contributed by atoms with van der Waals surface area (Å²) in [6.07, 6.45) is 0. The fourth-order valence-corrected chi connectivity index (χ4v) is 2.79. The zero-order chi connectivity index (χ0) is 16.4. The van der Waals surface area contributed by atoms with Gasteiger partial charge in [-0.15, -0.1) is 0 Å². The molecule has 0 atom stereocenters. The fourth-order valence-electron chi connectivity index (χ4n) is 2.79. The SMILES string of the molecule is Fc1ccc(Nc2nc(N3CCOCC3)c3ccccc3n2)cc1.[Cl-].[H+]. The highest BCUT2D eigenvalue weighted by molar-refractivity contribution is 5.90. The zero-order valence-electron chi connectivity index (χ0n) is 14.5. The van der Waals surface area contributed by atoms with Crippen molar-refractivity contribution in [3.8, 4) is 0 Å². The fraction of sp³-hybridized carbons (Fsp3) is 0.222. The van der Waals surface area contributed by atoms with Gasteiger partial charge in [0.05, 0.1) is 18.7 Å². The highest BCUT2D eigenvalue weighted by Crippen LogP contribution is 2.27. The summed E-state index contributed by atoms with van der Waals surface area (Å²) in [6, 6.07) is 14.1. The minimum absolute atomic E-state index is 0. The highest BCUT2D eigenvalue weighted by atomic mass is 35.5. The molecule has 130 valence electrons. The van der Waals surface area contributed by atoms with Crippen molar-refractivity contribution in [1.29, 1.82) is 0 Å². The molecule has 0 amide bonds. The molecule has 25 heavy (non-hydrogen) atoms. The van der Waals surface area contributed by atoms with Crippen LogP contribution in [0.4, 0.5) is 21.8 Å². The van der Waals surface area contributed by atoms with E-state index in [0.29, 0.717) is 19.2 Å². The predicted octanol–water partition coefficient (Wildman–Crippen LogP) is 0.466. The Morgan fingerprint density at radius 3 is 2.48 bits per heavy atom. The number of nitrogens with one attached hydrogen (secondary N) is 1. The molecule has 5 nitrogen and oxygen atoms in total. The molecule has 1 saturated heterocycles. The van der Waals surface area contributed by atoms with Gasteiger partial charge in [-0.2, -0.15) is 4.98 Å². The highest BCUT2D eigenvalue weighted by Gasteiger charge is 2.17. The Hall–Kier alpha value is -2.44. The molecule has 1 aliphatic heterocycles. The average Bonchev–Trinajstić information content (AvgIpc) is 2.64. The van der Waals surface area contributed by atoms with Gasteiger partial charge in [0.2, 0.25) is 5.95 Å². The van der Waals surface area contributed by atoms with Gasteiger partial charge in [0.1, 0.15) is 11.6 Å². The third-order valence-corrected chi connectivity index (χ3v) is 3.99. The van der Waals surface area contributed by atoms with Crippen LogP contribution in [0.2, 0.25) is 0 Å². The molecule has 3 aromatic rings. The minimum atomic E-state index is -0.269. The van der Waals surface area contributed by atoms with E-state index in [1.165, 1.54) is 12.1 Å². The lowest BCUT2D eigenvalue weighted by atomic mass is 10.2. The van der Waals surface area contributed by atoms with E-state index in [-0.39, 0.29) is 19.7 Å². The molecule has 0 aliphatic carbocycles. The maximum Gasteiger partial charge on any atom is 1.00 e. The number of nitrogens with zero attached hydrogens (tertiary/aromatic N) is 3. The summed E-state index contributed by atoms with van der Waals surface area (Å²) in [5, 5.41) is 4.17. The van der Waals surface area contributed by atoms with Gasteiger partial charge >= 0.3 is 1.43 Å². The molecule has 0 saturated carbocycles. The first-order valence-corrected chi connectivity index (χ1v) is 7.92. The summed E-state index contributed by atoms with van der Waals surface area (Å²) in [7, 11) is 0. The van der Waals surface area contributed by atoms with Gasteiger partial charge in [0, 0.05) is 24.2 Å². The maximum absolute atomic E-state index is 13.1. The quantitative estimate of drug-likeness (QED) is 0.735. The lowest BCUT2D eigenvalue weighted by molar-refractivity contribution is -0.00000625. The minimum Gasteiger partial charge on any atom is -1.00 e. The summed E-state index contributed by atoms with van der Waals surface area (Å²) < 4.78 is 18.5. The Kier molecular flexibility index (Phi) is 5.31. The Morgan fingerprint density at radius 2 is 1.72 bits per heavy atom. The first-order chi connectivity index (χ1) is 11.8. The molecule has 0 unspecified atom stereocenters. The standard InChI is InChI=1S/C18H17FN4O.ClH/c19-13-5-7-14(8-6-13)20-18-21-16-4-2-1-3-15(16)17(22-18)23-9-11-24-12-10-23;/h1-8H,9-12H2,(H,20,21,22);1H. The lowest BCUT2D eigenvalue weighted by Gasteiger charge is -2.29. The maximum atomic E-state index is 13.1. The van der Waals surface area contributed by atoms with E-state index in [4.69, 9.17) is 9.72 Å². The number of para-hydroxylation sites is 1. The second kappa shape index (κ2) is 7.63. The van der Waals surface area contributed by atoms with E-state index < -0.39 is 0 Å². The number of aromatic nitrogens is 2. The van der Waals surface area contributed by atoms with Crippen molar-refractivity contribution in [2.24, 2.45) is 0 Å². The van der Waals surface area contributed by atoms with Crippen LogP contribution in [0, 0.1) is 5.82 Å². The number of benzene rings is 2. The first kappa shape index (κ1) is 17.4. The Bertz CT molecular complexity index is 859. The molecular formula is C18H18ClFN4O. The number of hydrogen-bond acceptors (Lipinski definition) is 5. The summed E-state index contributed by atoms with van der Waals surface area (Å²) in [4.78, 5) is 11.5. The van der Waals surface area contributed by atoms with Crippen molar-refractivity contribution in [3.63, 3.8) is 0 Å². The molecule has 1 N–H and O–H groups in total. The molecule has 1 aromatic heterocycles. The van der Waals surface area contributed by atoms with Gasteiger partial charge in [0.25, 0.3) is 0 Å². The molecule has 1 fully saturated rings. The topological polar surface area (TPSA) is 50.3 Å². The molecule has 1 aliphatic rings. The number of anilines is 3. The van der Waals surface area contributed by atoms with Crippen molar-refractivity contribution >= 4 is 28.4 Å². The van der Waals surface area contributed by atoms with Crippen LogP contribution in [-0.4, -0.2) is 36.3 Å². The number of fused-ring (bicyclic) bond motifs is 1. The molecule has 0 bridgehead atoms. The van der Waals surface area contributed by atoms with Crippen molar-refractivity contribution < 1.29 is 23.0 Å². The van der Waals surface area contributed by atoms with E-state index in [0.717, 1.165) is 35.5 Å². The van der Waals surface area contributed by atoms with Gasteiger partial charge < -0.3 is 27.4 Å². The van der Waals surface area contributed by atoms with Crippen LogP contribution in [0.1, 0.15) is 1.43 Å². The third kappa shape index (κ3) is 3.81. The van der Waals surface area contributed by atoms with Crippen LogP contribution in [0.5, 0.6) is 0 Å². The lowest BCUT2D eigenvalue weighted by Crippen LogP contribution is -3.00. The van der Waals surface area contributed by atoms with E-state index in [1.807, 2.05) is 24.3 Å². The van der Waals surface area contributed by atoms with Gasteiger partial charge in [-0.25, -0.2) is 9.37 Å². The van der Waals surface area contributed by atoms with E-state index in [1.54, 1.807) is 12.1 Å². The predicted molar refractivity (Wildman–Crippen MR) is 93.4 cm³/mol. The number of halogens is 2. The third-order valence-electron chi connectivity index (χ3n) is 3.99. The van der Waals surface area contributed by atoms with Gasteiger partial charge in [-0.3, -0.25) is 0 Å². The van der Waals surface area contributed by atoms with Crippen molar-refractivity contribution in [2.45, 2.75) is 0 Å². The summed E-state index contributed by atoms with van der Waals surface area (Å²) in [6.45, 7) is 2.99. The Balaban J connectivity index is 0.00000121. The zero-order valence-corrected chi connectivity index (χ0v) is 14.2. The summed E-state index contributed by atoms with van der Waals surface area (Å²) >= 11 is 0. The smallest absolute Gasteiger partial charge is 1.00 e. The van der Waals surface area contributed by atoms with Crippen LogP contribution in [0.3, 0.4) is 0 Å². The van der Waals surface area contributed by atoms with E-state index >= 15 is 0 Å². The van der Waals surface area contributed by atoms with Gasteiger partial charge in [-0.1, -0.05) is 12.1 Å². The molecule has 0 spiro atoms. The van der Waals surface area contributed by atoms with E-state index in [9.17, 15) is 4.39 Å². The second-order valence-electron chi connectivity index (χ2n) is 5.62. The molecular weight excluding hydrogens is 343 g/mol. The van der Waals surface area contributed by atoms with Gasteiger partial charge in [-0.05, 0) is 36.4 Å². The Morgan fingerprint density at radius 1 is 1.00 bits per heavy atom. The number of morpholine rings is 1. The average molecular weight is 361 g/mol. The first-order valence-electron chi connectivity index (χ1n) is 7.92. The molecule has 4 rings (SSSR count). The van der Waals surface area contributed by atoms with E-state index in [2.05, 4.69) is 15.2 Å². The van der Waals surface area contributed by atoms with Crippen LogP contribution in [-0.2, 0) is 4.74 Å². The summed E-state index contributed by atoms with van der Waals surface area (Å²) in [5.74, 6) is 1.13. The number of ether oxygens (including phenoxy) is 1. The number of rotatable bonds is 3. The molecule has 2 aromatic carbocycles. The monoisotopic (exact) mass is 360 g/mol. The second-order valence-corrected chi connectivity index (χ2v) is 5.62. The van der Waals surface area contributed by atoms with Crippen LogP contribution >= 0.6 is 0 Å². The summed E-state index contributed by atoms with van der Waals surface area (Å²) in [5.41, 5.74) is 1.62. The van der Waals surface area contributed by atoms with Gasteiger partial charge in [0.15, 0.2) is 0 Å². The molecule has 2 heterocycles. The normalized spacial score (nSPS) is 14.2. The largest absolute Gasteiger partial charge is 1.00 e. The van der Waals surface area contributed by atoms with Crippen LogP contribution in [0.15, 0.2) is 48.5 Å². The number of hydrogen-bond donors (Lipinski definition) is 1. The van der Waals surface area contributed by atoms with Crippen molar-refractivity contribution in [3.05, 3.63) is 54.3 Å². The van der Waals surface area contributed by atoms with Crippen molar-refractivity contribution in [2.75, 3.05) is 36.5 Å². The van der Waals surface area contributed by atoms with Crippen LogP contribution < -0.4 is 22.6 Å². The van der Waals surface area contributed by atoms with Crippen molar-refractivity contribution in [1.82, 2.24) is 9.97 Å².